The second kappa shape index (κ2) is 7.23. The molecule has 0 aliphatic carbocycles. The number of nitrogens with one attached hydrogen (secondary N) is 1. The highest BCUT2D eigenvalue weighted by Gasteiger charge is 2.15. The van der Waals surface area contributed by atoms with E-state index in [2.05, 4.69) is 21.2 Å². The first-order valence-electron chi connectivity index (χ1n) is 5.93. The van der Waals surface area contributed by atoms with Crippen LogP contribution in [0.25, 0.3) is 0 Å². The molecule has 0 spiro atoms. The molecule has 6 heteroatoms. The highest BCUT2D eigenvalue weighted by molar-refractivity contribution is 9.10. The van der Waals surface area contributed by atoms with Gasteiger partial charge in [0.2, 0.25) is 5.91 Å². The van der Waals surface area contributed by atoms with Crippen molar-refractivity contribution in [3.05, 3.63) is 34.1 Å². The van der Waals surface area contributed by atoms with Gasteiger partial charge in [-0.25, -0.2) is 4.39 Å². The van der Waals surface area contributed by atoms with Crippen molar-refractivity contribution in [2.45, 2.75) is 13.3 Å². The zero-order valence-corrected chi connectivity index (χ0v) is 12.5. The van der Waals surface area contributed by atoms with Crippen molar-refractivity contribution in [1.82, 2.24) is 10.2 Å². The van der Waals surface area contributed by atoms with E-state index in [-0.39, 0.29) is 22.8 Å². The summed E-state index contributed by atoms with van der Waals surface area (Å²) in [7, 11) is 1.53. The van der Waals surface area contributed by atoms with Crippen molar-refractivity contribution >= 4 is 27.7 Å². The van der Waals surface area contributed by atoms with Crippen LogP contribution >= 0.6 is 15.9 Å². The van der Waals surface area contributed by atoms with Gasteiger partial charge in [0.15, 0.2) is 0 Å². The molecule has 4 nitrogen and oxygen atoms in total. The Hall–Kier alpha value is -1.43. The van der Waals surface area contributed by atoms with Gasteiger partial charge in [-0.15, -0.1) is 0 Å². The lowest BCUT2D eigenvalue weighted by Gasteiger charge is -2.17. The summed E-state index contributed by atoms with van der Waals surface area (Å²) in [5.41, 5.74) is 0.332. The maximum Gasteiger partial charge on any atom is 0.254 e. The van der Waals surface area contributed by atoms with Gasteiger partial charge in [0.05, 0.1) is 11.0 Å². The van der Waals surface area contributed by atoms with E-state index in [9.17, 15) is 14.0 Å². The van der Waals surface area contributed by atoms with E-state index in [1.165, 1.54) is 30.1 Å². The van der Waals surface area contributed by atoms with Gasteiger partial charge < -0.3 is 10.2 Å². The monoisotopic (exact) mass is 330 g/mol. The standard InChI is InChI=1S/C13H16BrFN2O2/c1-3-6-16-12(18)8-17(2)13(19)9-4-5-11(15)10(14)7-9/h4-5,7H,3,6,8H2,1-2H3,(H,16,18). The lowest BCUT2D eigenvalue weighted by atomic mass is 10.2. The van der Waals surface area contributed by atoms with Crippen LogP contribution in [-0.2, 0) is 4.79 Å². The highest BCUT2D eigenvalue weighted by atomic mass is 79.9. The summed E-state index contributed by atoms with van der Waals surface area (Å²) < 4.78 is 13.3. The van der Waals surface area contributed by atoms with Crippen molar-refractivity contribution in [2.24, 2.45) is 0 Å². The number of carbonyl (C=O) groups excluding carboxylic acids is 2. The summed E-state index contributed by atoms with van der Waals surface area (Å²) in [4.78, 5) is 24.8. The molecule has 0 fully saturated rings. The average Bonchev–Trinajstić information content (AvgIpc) is 2.38. The van der Waals surface area contributed by atoms with Crippen LogP contribution in [0.15, 0.2) is 22.7 Å². The fraction of sp³-hybridized carbons (Fsp3) is 0.385. The third kappa shape index (κ3) is 4.63. The zero-order chi connectivity index (χ0) is 14.4. The molecule has 0 saturated carbocycles. The number of halogens is 2. The maximum atomic E-state index is 13.1. The molecule has 1 N–H and O–H groups in total. The summed E-state index contributed by atoms with van der Waals surface area (Å²) >= 11 is 3.02. The molecule has 0 aliphatic heterocycles. The molecular formula is C13H16BrFN2O2. The Balaban J connectivity index is 2.66. The third-order valence-electron chi connectivity index (χ3n) is 2.47. The van der Waals surface area contributed by atoms with Crippen LogP contribution in [0.1, 0.15) is 23.7 Å². The third-order valence-corrected chi connectivity index (χ3v) is 3.07. The SMILES string of the molecule is CCCNC(=O)CN(C)C(=O)c1ccc(F)c(Br)c1. The van der Waals surface area contributed by atoms with Crippen molar-refractivity contribution in [3.63, 3.8) is 0 Å². The van der Waals surface area contributed by atoms with Crippen molar-refractivity contribution in [2.75, 3.05) is 20.1 Å². The smallest absolute Gasteiger partial charge is 0.254 e. The fourth-order valence-electron chi connectivity index (χ4n) is 1.46. The van der Waals surface area contributed by atoms with E-state index in [4.69, 9.17) is 0 Å². The molecule has 1 aromatic rings. The van der Waals surface area contributed by atoms with Gasteiger partial charge in [0.1, 0.15) is 5.82 Å². The van der Waals surface area contributed by atoms with Gasteiger partial charge in [-0.3, -0.25) is 9.59 Å². The van der Waals surface area contributed by atoms with Crippen LogP contribution in [-0.4, -0.2) is 36.9 Å². The number of amides is 2. The molecule has 0 atom stereocenters. The van der Waals surface area contributed by atoms with Gasteiger partial charge in [-0.05, 0) is 40.5 Å². The Morgan fingerprint density at radius 1 is 1.42 bits per heavy atom. The number of hydrogen-bond donors (Lipinski definition) is 1. The van der Waals surface area contributed by atoms with Gasteiger partial charge in [0, 0.05) is 19.2 Å². The van der Waals surface area contributed by atoms with E-state index in [0.717, 1.165) is 6.42 Å². The topological polar surface area (TPSA) is 49.4 Å². The van der Waals surface area contributed by atoms with Crippen molar-refractivity contribution < 1.29 is 14.0 Å². The molecule has 104 valence electrons. The summed E-state index contributed by atoms with van der Waals surface area (Å²) in [6.07, 6.45) is 0.842. The summed E-state index contributed by atoms with van der Waals surface area (Å²) in [5.74, 6) is -0.967. The van der Waals surface area contributed by atoms with E-state index < -0.39 is 5.82 Å². The molecule has 0 aromatic heterocycles. The number of nitrogens with zero attached hydrogens (tertiary/aromatic N) is 1. The first-order valence-corrected chi connectivity index (χ1v) is 6.72. The minimum Gasteiger partial charge on any atom is -0.355 e. The van der Waals surface area contributed by atoms with Crippen LogP contribution in [0.4, 0.5) is 4.39 Å². The van der Waals surface area contributed by atoms with E-state index >= 15 is 0 Å². The Labute approximate surface area is 120 Å². The summed E-state index contributed by atoms with van der Waals surface area (Å²) in [6.45, 7) is 2.52. The summed E-state index contributed by atoms with van der Waals surface area (Å²) in [6, 6.07) is 4.00. The number of likely N-dealkylation sites (N-methyl/N-ethyl adjacent to an activating group) is 1. The predicted octanol–water partition coefficient (Wildman–Crippen LogP) is 2.19. The van der Waals surface area contributed by atoms with Gasteiger partial charge in [-0.1, -0.05) is 6.92 Å². The van der Waals surface area contributed by atoms with Crippen LogP contribution in [0.5, 0.6) is 0 Å². The van der Waals surface area contributed by atoms with Crippen LogP contribution in [0.3, 0.4) is 0 Å². The molecular weight excluding hydrogens is 315 g/mol. The first kappa shape index (κ1) is 15.6. The Morgan fingerprint density at radius 2 is 2.11 bits per heavy atom. The molecule has 0 saturated heterocycles. The minimum absolute atomic E-state index is 0.0200. The van der Waals surface area contributed by atoms with Gasteiger partial charge >= 0.3 is 0 Å². The zero-order valence-electron chi connectivity index (χ0n) is 10.9. The largest absolute Gasteiger partial charge is 0.355 e. The van der Waals surface area contributed by atoms with E-state index in [1.807, 2.05) is 6.92 Å². The van der Waals surface area contributed by atoms with Crippen molar-refractivity contribution in [3.8, 4) is 0 Å². The molecule has 0 heterocycles. The molecule has 2 amide bonds. The number of hydrogen-bond acceptors (Lipinski definition) is 2. The fourth-order valence-corrected chi connectivity index (χ4v) is 1.84. The second-order valence-electron chi connectivity index (χ2n) is 4.14. The molecule has 0 radical (unpaired) electrons. The molecule has 1 aromatic carbocycles. The average molecular weight is 331 g/mol. The molecule has 0 unspecified atom stereocenters. The highest BCUT2D eigenvalue weighted by Crippen LogP contribution is 2.17. The van der Waals surface area contributed by atoms with Gasteiger partial charge in [0.25, 0.3) is 5.91 Å². The lowest BCUT2D eigenvalue weighted by Crippen LogP contribution is -2.38. The molecule has 0 bridgehead atoms. The van der Waals surface area contributed by atoms with E-state index in [0.29, 0.717) is 12.1 Å². The van der Waals surface area contributed by atoms with Crippen LogP contribution in [0, 0.1) is 5.82 Å². The second-order valence-corrected chi connectivity index (χ2v) is 4.99. The van der Waals surface area contributed by atoms with Crippen molar-refractivity contribution in [1.29, 1.82) is 0 Å². The Bertz CT molecular complexity index is 480. The Kier molecular flexibility index (Phi) is 5.95. The lowest BCUT2D eigenvalue weighted by molar-refractivity contribution is -0.121. The normalized spacial score (nSPS) is 10.1. The Morgan fingerprint density at radius 3 is 2.68 bits per heavy atom. The molecule has 19 heavy (non-hydrogen) atoms. The minimum atomic E-state index is -0.431. The number of rotatable bonds is 5. The maximum absolute atomic E-state index is 13.1. The molecule has 1 rings (SSSR count). The number of benzene rings is 1. The summed E-state index contributed by atoms with van der Waals surface area (Å²) in [5, 5.41) is 2.69. The first-order chi connectivity index (χ1) is 8.95. The van der Waals surface area contributed by atoms with Crippen LogP contribution in [0.2, 0.25) is 0 Å². The predicted molar refractivity (Wildman–Crippen MR) is 74.4 cm³/mol. The van der Waals surface area contributed by atoms with E-state index in [1.54, 1.807) is 0 Å². The number of carbonyl (C=O) groups is 2. The molecule has 0 aliphatic rings. The van der Waals surface area contributed by atoms with Gasteiger partial charge in [-0.2, -0.15) is 0 Å². The quantitative estimate of drug-likeness (QED) is 0.899. The van der Waals surface area contributed by atoms with Crippen LogP contribution < -0.4 is 5.32 Å².